The van der Waals surface area contributed by atoms with Gasteiger partial charge in [-0.3, -0.25) is 19.9 Å². The Labute approximate surface area is 195 Å². The molecule has 3 aromatic rings. The van der Waals surface area contributed by atoms with Gasteiger partial charge < -0.3 is 10.2 Å². The number of carbonyl (C=O) groups excluding carboxylic acids is 2. The lowest BCUT2D eigenvalue weighted by Gasteiger charge is -2.29. The molecule has 0 spiro atoms. The van der Waals surface area contributed by atoms with E-state index >= 15 is 0 Å². The Bertz CT molecular complexity index is 1230. The molecule has 166 valence electrons. The van der Waals surface area contributed by atoms with Gasteiger partial charge in [-0.15, -0.1) is 0 Å². The van der Waals surface area contributed by atoms with Crippen LogP contribution < -0.4 is 15.5 Å². The lowest BCUT2D eigenvalue weighted by molar-refractivity contribution is -0.115. The highest BCUT2D eigenvalue weighted by atomic mass is 32.2. The van der Waals surface area contributed by atoms with Gasteiger partial charge in [0.15, 0.2) is 0 Å². The molecule has 0 unspecified atom stereocenters. The van der Waals surface area contributed by atoms with Crippen LogP contribution in [0.15, 0.2) is 59.8 Å². The number of pyridine rings is 1. The van der Waals surface area contributed by atoms with Crippen molar-refractivity contribution < 1.29 is 9.59 Å². The number of amides is 2. The molecular weight excluding hydrogens is 436 g/mol. The van der Waals surface area contributed by atoms with Crippen molar-refractivity contribution in [1.29, 1.82) is 0 Å². The molecule has 0 bridgehead atoms. The number of hydrogen-bond acceptors (Lipinski definition) is 8. The van der Waals surface area contributed by atoms with Gasteiger partial charge in [-0.1, -0.05) is 12.1 Å². The quantitative estimate of drug-likeness (QED) is 0.542. The number of rotatable bonds is 6. The Balaban J connectivity index is 1.27. The van der Waals surface area contributed by atoms with Crippen molar-refractivity contribution in [3.63, 3.8) is 0 Å². The monoisotopic (exact) mass is 458 g/mol. The summed E-state index contributed by atoms with van der Waals surface area (Å²) in [6, 6.07) is 14.2. The van der Waals surface area contributed by atoms with Gasteiger partial charge in [0.1, 0.15) is 0 Å². The standard InChI is InChI=1S/C24H22N6O2S/c31-22-21(33-24(32)29-22)14-20-7-11-27-23(28-20)30-12-8-16-4-5-19(13-17(16)15-30)26-10-6-18-3-1-2-9-25-18/h1-5,7,9,11,13-14,26H,6,8,10,12,15H2,(H,29,31,32)/b21-14+. The second kappa shape index (κ2) is 9.41. The molecule has 0 aliphatic carbocycles. The molecule has 5 rings (SSSR count). The first-order chi connectivity index (χ1) is 16.1. The zero-order valence-electron chi connectivity index (χ0n) is 17.8. The van der Waals surface area contributed by atoms with E-state index in [1.165, 1.54) is 11.1 Å². The fourth-order valence-corrected chi connectivity index (χ4v) is 4.54. The lowest BCUT2D eigenvalue weighted by Crippen LogP contribution is -2.32. The van der Waals surface area contributed by atoms with Crippen LogP contribution in [0.2, 0.25) is 0 Å². The Morgan fingerprint density at radius 3 is 2.85 bits per heavy atom. The number of anilines is 2. The van der Waals surface area contributed by atoms with Crippen LogP contribution in [0.25, 0.3) is 6.08 Å². The summed E-state index contributed by atoms with van der Waals surface area (Å²) in [6.45, 7) is 2.33. The smallest absolute Gasteiger partial charge is 0.290 e. The number of nitrogens with zero attached hydrogens (tertiary/aromatic N) is 4. The molecule has 2 amide bonds. The number of carbonyl (C=O) groups is 2. The van der Waals surface area contributed by atoms with Crippen molar-refractivity contribution in [2.75, 3.05) is 23.3 Å². The summed E-state index contributed by atoms with van der Waals surface area (Å²) in [5.74, 6) is 0.221. The third-order valence-electron chi connectivity index (χ3n) is 5.52. The van der Waals surface area contributed by atoms with Crippen molar-refractivity contribution >= 4 is 40.6 Å². The van der Waals surface area contributed by atoms with Crippen molar-refractivity contribution in [2.45, 2.75) is 19.4 Å². The summed E-state index contributed by atoms with van der Waals surface area (Å²) >= 11 is 0.884. The molecule has 0 radical (unpaired) electrons. The number of aromatic nitrogens is 3. The Kier molecular flexibility index (Phi) is 6.03. The summed E-state index contributed by atoms with van der Waals surface area (Å²) in [4.78, 5) is 39.1. The van der Waals surface area contributed by atoms with Crippen LogP contribution in [0.5, 0.6) is 0 Å². The molecule has 1 saturated heterocycles. The first kappa shape index (κ1) is 21.1. The molecule has 1 aromatic carbocycles. The van der Waals surface area contributed by atoms with Gasteiger partial charge in [0.2, 0.25) is 5.95 Å². The number of nitrogens with one attached hydrogen (secondary N) is 2. The Hall–Kier alpha value is -3.72. The number of benzene rings is 1. The third-order valence-corrected chi connectivity index (χ3v) is 6.33. The molecule has 33 heavy (non-hydrogen) atoms. The summed E-state index contributed by atoms with van der Waals surface area (Å²) < 4.78 is 0. The van der Waals surface area contributed by atoms with Crippen LogP contribution in [0, 0.1) is 0 Å². The SMILES string of the molecule is O=C1NC(=O)/C(=C\c2ccnc(N3CCc4ccc(NCCc5ccccn5)cc4C3)n2)S1. The molecule has 4 heterocycles. The van der Waals surface area contributed by atoms with Crippen molar-refractivity contribution in [1.82, 2.24) is 20.3 Å². The average molecular weight is 459 g/mol. The van der Waals surface area contributed by atoms with Crippen molar-refractivity contribution in [2.24, 2.45) is 0 Å². The van der Waals surface area contributed by atoms with E-state index in [2.05, 4.69) is 48.7 Å². The van der Waals surface area contributed by atoms with Crippen molar-refractivity contribution in [3.05, 3.63) is 82.3 Å². The maximum absolute atomic E-state index is 11.8. The van der Waals surface area contributed by atoms with Crippen LogP contribution in [0.3, 0.4) is 0 Å². The van der Waals surface area contributed by atoms with E-state index in [1.54, 1.807) is 18.3 Å². The maximum Gasteiger partial charge on any atom is 0.290 e. The van der Waals surface area contributed by atoms with Crippen LogP contribution in [0.1, 0.15) is 22.5 Å². The van der Waals surface area contributed by atoms with Crippen molar-refractivity contribution in [3.8, 4) is 0 Å². The largest absolute Gasteiger partial charge is 0.385 e. The topological polar surface area (TPSA) is 100 Å². The Morgan fingerprint density at radius 2 is 2.03 bits per heavy atom. The molecule has 2 aliphatic rings. The highest BCUT2D eigenvalue weighted by Gasteiger charge is 2.25. The second-order valence-corrected chi connectivity index (χ2v) is 8.80. The predicted octanol–water partition coefficient (Wildman–Crippen LogP) is 3.41. The van der Waals surface area contributed by atoms with E-state index in [4.69, 9.17) is 0 Å². The third kappa shape index (κ3) is 5.04. The maximum atomic E-state index is 11.8. The molecule has 9 heteroatoms. The number of hydrogen-bond donors (Lipinski definition) is 2. The number of imide groups is 1. The first-order valence-electron chi connectivity index (χ1n) is 10.7. The minimum absolute atomic E-state index is 0.343. The van der Waals surface area contributed by atoms with Gasteiger partial charge in [0, 0.05) is 49.8 Å². The first-order valence-corrected chi connectivity index (χ1v) is 11.5. The van der Waals surface area contributed by atoms with Gasteiger partial charge in [-0.2, -0.15) is 0 Å². The number of fused-ring (bicyclic) bond motifs is 1. The van der Waals surface area contributed by atoms with Gasteiger partial charge in [0.05, 0.1) is 10.6 Å². The summed E-state index contributed by atoms with van der Waals surface area (Å²) in [7, 11) is 0. The van der Waals surface area contributed by atoms with Crippen LogP contribution >= 0.6 is 11.8 Å². The van der Waals surface area contributed by atoms with Gasteiger partial charge in [0.25, 0.3) is 11.1 Å². The molecular formula is C24H22N6O2S. The van der Waals surface area contributed by atoms with E-state index in [-0.39, 0.29) is 11.1 Å². The Morgan fingerprint density at radius 1 is 1.09 bits per heavy atom. The minimum atomic E-state index is -0.389. The zero-order valence-corrected chi connectivity index (χ0v) is 18.6. The normalized spacial score (nSPS) is 16.6. The highest BCUT2D eigenvalue weighted by Crippen LogP contribution is 2.27. The molecule has 2 N–H and O–H groups in total. The van der Waals surface area contributed by atoms with E-state index in [9.17, 15) is 9.59 Å². The van der Waals surface area contributed by atoms with Gasteiger partial charge >= 0.3 is 0 Å². The molecule has 2 aromatic heterocycles. The number of thioether (sulfide) groups is 1. The van der Waals surface area contributed by atoms with Gasteiger partial charge in [-0.25, -0.2) is 9.97 Å². The summed E-state index contributed by atoms with van der Waals surface area (Å²) in [5.41, 5.74) is 5.33. The molecule has 8 nitrogen and oxygen atoms in total. The predicted molar refractivity (Wildman–Crippen MR) is 129 cm³/mol. The van der Waals surface area contributed by atoms with E-state index in [0.29, 0.717) is 23.1 Å². The molecule has 0 atom stereocenters. The molecule has 2 aliphatic heterocycles. The average Bonchev–Trinajstić information content (AvgIpc) is 3.15. The van der Waals surface area contributed by atoms with E-state index in [1.807, 2.05) is 24.4 Å². The van der Waals surface area contributed by atoms with E-state index in [0.717, 1.165) is 49.1 Å². The second-order valence-electron chi connectivity index (χ2n) is 7.79. The fourth-order valence-electron chi connectivity index (χ4n) is 3.87. The van der Waals surface area contributed by atoms with Crippen LogP contribution in [0.4, 0.5) is 16.4 Å². The van der Waals surface area contributed by atoms with E-state index < -0.39 is 0 Å². The lowest BCUT2D eigenvalue weighted by atomic mass is 9.99. The van der Waals surface area contributed by atoms with Crippen LogP contribution in [-0.2, 0) is 24.2 Å². The fraction of sp³-hybridized carbons (Fsp3) is 0.208. The summed E-state index contributed by atoms with van der Waals surface area (Å²) in [5, 5.41) is 5.39. The zero-order chi connectivity index (χ0) is 22.6. The van der Waals surface area contributed by atoms with Crippen LogP contribution in [-0.4, -0.2) is 39.2 Å². The van der Waals surface area contributed by atoms with Gasteiger partial charge in [-0.05, 0) is 65.7 Å². The summed E-state index contributed by atoms with van der Waals surface area (Å²) in [6.07, 6.45) is 6.89. The highest BCUT2D eigenvalue weighted by molar-refractivity contribution is 8.18. The molecule has 1 fully saturated rings. The molecule has 0 saturated carbocycles. The minimum Gasteiger partial charge on any atom is -0.385 e.